The number of likely N-dealkylation sites (tertiary alicyclic amines) is 1. The van der Waals surface area contributed by atoms with Crippen molar-refractivity contribution in [3.8, 4) is 0 Å². The fourth-order valence-corrected chi connectivity index (χ4v) is 5.83. The zero-order valence-electron chi connectivity index (χ0n) is 19.4. The fourth-order valence-electron chi connectivity index (χ4n) is 4.81. The van der Waals surface area contributed by atoms with Crippen molar-refractivity contribution in [1.29, 1.82) is 0 Å². The van der Waals surface area contributed by atoms with Crippen molar-refractivity contribution in [3.05, 3.63) is 46.5 Å². The number of carbonyl (C=O) groups is 2. The van der Waals surface area contributed by atoms with Crippen molar-refractivity contribution < 1.29 is 9.59 Å². The molecule has 1 fully saturated rings. The van der Waals surface area contributed by atoms with E-state index in [1.54, 1.807) is 11.1 Å². The van der Waals surface area contributed by atoms with E-state index in [-0.39, 0.29) is 18.0 Å². The van der Waals surface area contributed by atoms with Crippen molar-refractivity contribution in [2.45, 2.75) is 45.6 Å². The molecule has 0 bridgehead atoms. The van der Waals surface area contributed by atoms with E-state index in [1.807, 2.05) is 19.1 Å². The number of amides is 3. The predicted molar refractivity (Wildman–Crippen MR) is 134 cm³/mol. The van der Waals surface area contributed by atoms with Gasteiger partial charge in [0.2, 0.25) is 0 Å². The van der Waals surface area contributed by atoms with E-state index in [0.717, 1.165) is 53.1 Å². The van der Waals surface area contributed by atoms with Crippen LogP contribution < -0.4 is 15.5 Å². The van der Waals surface area contributed by atoms with Gasteiger partial charge in [0.05, 0.1) is 22.4 Å². The van der Waals surface area contributed by atoms with Crippen LogP contribution in [0.15, 0.2) is 30.5 Å². The molecule has 7 nitrogen and oxygen atoms in total. The molecule has 172 valence electrons. The van der Waals surface area contributed by atoms with E-state index >= 15 is 0 Å². The number of thiophene rings is 1. The summed E-state index contributed by atoms with van der Waals surface area (Å²) in [6, 6.07) is 7.90. The molecule has 1 aromatic carbocycles. The van der Waals surface area contributed by atoms with E-state index in [4.69, 9.17) is 0 Å². The van der Waals surface area contributed by atoms with E-state index in [9.17, 15) is 9.59 Å². The van der Waals surface area contributed by atoms with E-state index in [1.165, 1.54) is 16.9 Å². The minimum atomic E-state index is -0.264. The van der Waals surface area contributed by atoms with Gasteiger partial charge in [-0.05, 0) is 62.5 Å². The lowest BCUT2D eigenvalue weighted by Crippen LogP contribution is -2.46. The van der Waals surface area contributed by atoms with Crippen LogP contribution >= 0.6 is 11.3 Å². The molecule has 8 heteroatoms. The molecule has 1 saturated heterocycles. The highest BCUT2D eigenvalue weighted by Crippen LogP contribution is 2.46. The lowest BCUT2D eigenvalue weighted by atomic mass is 9.99. The third kappa shape index (κ3) is 3.87. The van der Waals surface area contributed by atoms with Crippen LogP contribution in [-0.2, 0) is 0 Å². The molecule has 2 aliphatic rings. The SMILES string of the molecule is Cc1cc(C(C)C)ccc1N1C(=O)Nc2c(C(=O)N[C@@H]3CCCN(C)C3)sc3nccc1c23. The number of carbonyl (C=O) groups excluding carboxylic acids is 2. The number of nitrogens with one attached hydrogen (secondary N) is 2. The third-order valence-electron chi connectivity index (χ3n) is 6.54. The molecule has 0 spiro atoms. The predicted octanol–water partition coefficient (Wildman–Crippen LogP) is 5.24. The summed E-state index contributed by atoms with van der Waals surface area (Å²) in [4.78, 5) is 36.2. The second-order valence-electron chi connectivity index (χ2n) is 9.36. The van der Waals surface area contributed by atoms with Gasteiger partial charge >= 0.3 is 6.03 Å². The van der Waals surface area contributed by atoms with Gasteiger partial charge in [-0.2, -0.15) is 0 Å². The summed E-state index contributed by atoms with van der Waals surface area (Å²) in [6.07, 6.45) is 3.73. The van der Waals surface area contributed by atoms with Crippen molar-refractivity contribution in [2.75, 3.05) is 30.4 Å². The summed E-state index contributed by atoms with van der Waals surface area (Å²) in [5.41, 5.74) is 4.42. The van der Waals surface area contributed by atoms with Gasteiger partial charge in [-0.3, -0.25) is 9.69 Å². The topological polar surface area (TPSA) is 77.6 Å². The highest BCUT2D eigenvalue weighted by atomic mass is 32.1. The number of nitrogens with zero attached hydrogens (tertiary/aromatic N) is 3. The minimum Gasteiger partial charge on any atom is -0.347 e. The Morgan fingerprint density at radius 2 is 2.09 bits per heavy atom. The zero-order valence-corrected chi connectivity index (χ0v) is 20.3. The van der Waals surface area contributed by atoms with Crippen LogP contribution in [0.25, 0.3) is 10.2 Å². The van der Waals surface area contributed by atoms with E-state index < -0.39 is 0 Å². The summed E-state index contributed by atoms with van der Waals surface area (Å²) in [5.74, 6) is 0.263. The monoisotopic (exact) mass is 463 g/mol. The molecule has 1 atom stereocenters. The van der Waals surface area contributed by atoms with E-state index in [0.29, 0.717) is 16.5 Å². The number of pyridine rings is 1. The molecule has 2 aromatic heterocycles. The molecule has 0 unspecified atom stereocenters. The number of likely N-dealkylation sites (N-methyl/N-ethyl adjacent to an activating group) is 1. The first kappa shape index (κ1) is 21.9. The Bertz CT molecular complexity index is 1250. The quantitative estimate of drug-likeness (QED) is 0.555. The second kappa shape index (κ2) is 8.43. The zero-order chi connectivity index (χ0) is 23.3. The second-order valence-corrected chi connectivity index (χ2v) is 10.4. The average Bonchev–Trinajstić information content (AvgIpc) is 3.14. The highest BCUT2D eigenvalue weighted by molar-refractivity contribution is 7.21. The van der Waals surface area contributed by atoms with Crippen LogP contribution in [0, 0.1) is 6.92 Å². The highest BCUT2D eigenvalue weighted by Gasteiger charge is 2.34. The number of hydrogen-bond donors (Lipinski definition) is 2. The first-order valence-corrected chi connectivity index (χ1v) is 12.3. The maximum Gasteiger partial charge on any atom is 0.331 e. The molecule has 0 saturated carbocycles. The van der Waals surface area contributed by atoms with Gasteiger partial charge in [-0.1, -0.05) is 26.0 Å². The third-order valence-corrected chi connectivity index (χ3v) is 7.64. The molecule has 5 rings (SSSR count). The molecule has 3 aromatic rings. The van der Waals surface area contributed by atoms with Gasteiger partial charge in [0.25, 0.3) is 5.91 Å². The Labute approximate surface area is 197 Å². The van der Waals surface area contributed by atoms with Crippen LogP contribution in [0.5, 0.6) is 0 Å². The molecular formula is C25H29N5O2S. The Kier molecular flexibility index (Phi) is 5.58. The van der Waals surface area contributed by atoms with Crippen molar-refractivity contribution >= 4 is 50.6 Å². The number of piperidine rings is 1. The van der Waals surface area contributed by atoms with Crippen LogP contribution in [-0.4, -0.2) is 48.0 Å². The first-order chi connectivity index (χ1) is 15.8. The van der Waals surface area contributed by atoms with Crippen LogP contribution in [0.4, 0.5) is 21.9 Å². The Morgan fingerprint density at radius 3 is 2.82 bits per heavy atom. The number of aromatic nitrogens is 1. The average molecular weight is 464 g/mol. The maximum absolute atomic E-state index is 13.3. The molecule has 33 heavy (non-hydrogen) atoms. The molecule has 0 aliphatic carbocycles. The van der Waals surface area contributed by atoms with Crippen molar-refractivity contribution in [1.82, 2.24) is 15.2 Å². The normalized spacial score (nSPS) is 18.6. The number of anilines is 3. The van der Waals surface area contributed by atoms with Gasteiger partial charge in [0.15, 0.2) is 0 Å². The van der Waals surface area contributed by atoms with Crippen molar-refractivity contribution in [3.63, 3.8) is 0 Å². The Hall–Kier alpha value is -2.97. The van der Waals surface area contributed by atoms with E-state index in [2.05, 4.69) is 53.5 Å². The molecule has 4 heterocycles. The summed E-state index contributed by atoms with van der Waals surface area (Å²) >= 11 is 1.33. The largest absolute Gasteiger partial charge is 0.347 e. The summed E-state index contributed by atoms with van der Waals surface area (Å²) in [7, 11) is 2.07. The Balaban J connectivity index is 1.54. The van der Waals surface area contributed by atoms with Crippen molar-refractivity contribution in [2.24, 2.45) is 0 Å². The van der Waals surface area contributed by atoms with Gasteiger partial charge in [-0.25, -0.2) is 9.78 Å². The molecule has 0 radical (unpaired) electrons. The first-order valence-electron chi connectivity index (χ1n) is 11.5. The van der Waals surface area contributed by atoms with Crippen LogP contribution in [0.1, 0.15) is 53.4 Å². The number of urea groups is 1. The standard InChI is InChI=1S/C25H29N5O2S/c1-14(2)16-7-8-18(15(3)12-16)30-19-9-10-26-24-20(19)21(28-25(30)32)22(33-24)23(31)27-17-6-5-11-29(4)13-17/h7-10,12,14,17H,5-6,11,13H2,1-4H3,(H,27,31)(H,28,32)/t17-/m1/s1. The van der Waals surface area contributed by atoms with Gasteiger partial charge in [0, 0.05) is 18.8 Å². The van der Waals surface area contributed by atoms with Crippen LogP contribution in [0.2, 0.25) is 0 Å². The molecule has 2 aliphatic heterocycles. The number of benzene rings is 1. The number of hydrogen-bond acceptors (Lipinski definition) is 5. The smallest absolute Gasteiger partial charge is 0.331 e. The van der Waals surface area contributed by atoms with Gasteiger partial charge in [0.1, 0.15) is 9.71 Å². The number of aryl methyl sites for hydroxylation is 1. The number of rotatable bonds is 4. The van der Waals surface area contributed by atoms with Crippen LogP contribution in [0.3, 0.4) is 0 Å². The molecule has 2 N–H and O–H groups in total. The Morgan fingerprint density at radius 1 is 1.27 bits per heavy atom. The molecule has 3 amide bonds. The maximum atomic E-state index is 13.3. The minimum absolute atomic E-state index is 0.110. The lowest BCUT2D eigenvalue weighted by molar-refractivity contribution is 0.0917. The summed E-state index contributed by atoms with van der Waals surface area (Å²) in [5, 5.41) is 6.98. The van der Waals surface area contributed by atoms with Gasteiger partial charge in [-0.15, -0.1) is 11.3 Å². The summed E-state index contributed by atoms with van der Waals surface area (Å²) in [6.45, 7) is 8.22. The fraction of sp³-hybridized carbons (Fsp3) is 0.400. The van der Waals surface area contributed by atoms with Gasteiger partial charge < -0.3 is 15.5 Å². The lowest BCUT2D eigenvalue weighted by Gasteiger charge is -2.31. The molecular weight excluding hydrogens is 434 g/mol. The summed E-state index contributed by atoms with van der Waals surface area (Å²) < 4.78 is 0.